The van der Waals surface area contributed by atoms with Crippen LogP contribution in [0.2, 0.25) is 0 Å². The van der Waals surface area contributed by atoms with E-state index in [0.717, 1.165) is 54.4 Å². The molecule has 0 fully saturated rings. The van der Waals surface area contributed by atoms with Crippen molar-refractivity contribution < 1.29 is 19.2 Å². The van der Waals surface area contributed by atoms with E-state index in [1.54, 1.807) is 0 Å². The third kappa shape index (κ3) is 12.0. The Morgan fingerprint density at radius 2 is 1.00 bits per heavy atom. The van der Waals surface area contributed by atoms with Crippen molar-refractivity contribution in [3.05, 3.63) is 92.6 Å². The molecule has 2 aromatic rings. The van der Waals surface area contributed by atoms with Crippen molar-refractivity contribution in [2.45, 2.75) is 128 Å². The van der Waals surface area contributed by atoms with Crippen molar-refractivity contribution in [3.8, 4) is 0 Å². The number of hydrogen-bond donors (Lipinski definition) is 0. The first-order chi connectivity index (χ1) is 20.8. The number of ketones is 4. The van der Waals surface area contributed by atoms with Gasteiger partial charge in [-0.25, -0.2) is 0 Å². The standard InChI is InChI=1S/C15H14O2.C9H12O2.C7H6.4C2H6/c1-9-4-2-7-13(16)14(9)15(17)11-6-3-5-10-8-12(10)11;1-6-4-3-5-8(11)9(6)7(2)10;1-2-4-7-5-6(7)3-1;4*1-2/h3,5-6H,2,4,7-8H2,1H3;3-5H2,1-2H3;1-4H,5H2;4*1-2H3. The van der Waals surface area contributed by atoms with Crippen LogP contribution in [0.25, 0.3) is 0 Å². The number of benzene rings is 2. The normalized spacial score (nSPS) is 14.7. The number of carbonyl (C=O) groups is 4. The average Bonchev–Trinajstić information content (AvgIpc) is 3.96. The van der Waals surface area contributed by atoms with Crippen LogP contribution in [0.1, 0.15) is 147 Å². The van der Waals surface area contributed by atoms with Crippen molar-refractivity contribution in [2.75, 3.05) is 0 Å². The second kappa shape index (κ2) is 21.3. The Morgan fingerprint density at radius 1 is 0.558 bits per heavy atom. The number of Topliss-reactive ketones (excluding diaryl/α,β-unsaturated/α-hetero) is 4. The van der Waals surface area contributed by atoms with Gasteiger partial charge in [0.15, 0.2) is 23.1 Å². The van der Waals surface area contributed by atoms with Crippen molar-refractivity contribution >= 4 is 23.1 Å². The van der Waals surface area contributed by atoms with E-state index < -0.39 is 0 Å². The predicted octanol–water partition coefficient (Wildman–Crippen LogP) is 10.2. The molecule has 0 aromatic heterocycles. The molecule has 0 atom stereocenters. The van der Waals surface area contributed by atoms with Gasteiger partial charge in [0.05, 0.1) is 11.1 Å². The number of rotatable bonds is 3. The summed E-state index contributed by atoms with van der Waals surface area (Å²) in [6.45, 7) is 21.2. The summed E-state index contributed by atoms with van der Waals surface area (Å²) in [5.41, 5.74) is 9.02. The van der Waals surface area contributed by atoms with Crippen LogP contribution in [0.3, 0.4) is 0 Å². The van der Waals surface area contributed by atoms with Gasteiger partial charge in [0.25, 0.3) is 0 Å². The van der Waals surface area contributed by atoms with Gasteiger partial charge in [0.2, 0.25) is 0 Å². The summed E-state index contributed by atoms with van der Waals surface area (Å²) < 4.78 is 0. The van der Waals surface area contributed by atoms with Crippen LogP contribution in [0, 0.1) is 0 Å². The van der Waals surface area contributed by atoms with Gasteiger partial charge in [0.1, 0.15) is 0 Å². The monoisotopic (exact) mass is 588 g/mol. The molecular weight excluding hydrogens is 532 g/mol. The number of allylic oxidation sites excluding steroid dienone is 4. The third-order valence-electron chi connectivity index (χ3n) is 7.04. The second-order valence-electron chi connectivity index (χ2n) is 9.81. The fourth-order valence-corrected chi connectivity index (χ4v) is 4.94. The minimum absolute atomic E-state index is 0.0250. The van der Waals surface area contributed by atoms with Gasteiger partial charge in [-0.3, -0.25) is 19.2 Å². The second-order valence-corrected chi connectivity index (χ2v) is 9.81. The highest BCUT2D eigenvalue weighted by Gasteiger charge is 2.30. The molecule has 0 spiro atoms. The molecule has 2 aromatic carbocycles. The van der Waals surface area contributed by atoms with Crippen molar-refractivity contribution in [3.63, 3.8) is 0 Å². The summed E-state index contributed by atoms with van der Waals surface area (Å²) in [6, 6.07) is 14.3. The molecule has 4 nitrogen and oxygen atoms in total. The molecule has 4 heteroatoms. The van der Waals surface area contributed by atoms with Crippen LogP contribution in [-0.2, 0) is 27.2 Å². The third-order valence-corrected chi connectivity index (χ3v) is 7.04. The lowest BCUT2D eigenvalue weighted by Gasteiger charge is -2.15. The van der Waals surface area contributed by atoms with Crippen molar-refractivity contribution in [1.29, 1.82) is 0 Å². The summed E-state index contributed by atoms with van der Waals surface area (Å²) >= 11 is 0. The van der Waals surface area contributed by atoms with Crippen LogP contribution in [0.15, 0.2) is 64.8 Å². The molecular formula is C39H56O4. The molecule has 4 aliphatic rings. The van der Waals surface area contributed by atoms with Gasteiger partial charge in [-0.1, -0.05) is 109 Å². The topological polar surface area (TPSA) is 68.3 Å². The Bertz CT molecular complexity index is 1270. The number of fused-ring (bicyclic) bond motifs is 2. The smallest absolute Gasteiger partial charge is 0.196 e. The van der Waals surface area contributed by atoms with Crippen LogP contribution >= 0.6 is 0 Å². The van der Waals surface area contributed by atoms with E-state index in [1.807, 2.05) is 87.4 Å². The first-order valence-corrected chi connectivity index (χ1v) is 16.5. The average molecular weight is 589 g/mol. The first kappa shape index (κ1) is 39.6. The summed E-state index contributed by atoms with van der Waals surface area (Å²) in [5, 5.41) is 0. The molecule has 0 heterocycles. The van der Waals surface area contributed by atoms with Crippen LogP contribution in [-0.4, -0.2) is 23.1 Å². The van der Waals surface area contributed by atoms with Gasteiger partial charge in [-0.15, -0.1) is 0 Å². The largest absolute Gasteiger partial charge is 0.294 e. The van der Waals surface area contributed by atoms with Gasteiger partial charge in [0, 0.05) is 18.4 Å². The summed E-state index contributed by atoms with van der Waals surface area (Å²) in [6.07, 6.45) is 6.79. The molecule has 0 unspecified atom stereocenters. The summed E-state index contributed by atoms with van der Waals surface area (Å²) in [5.74, 6) is -0.0768. The lowest BCUT2D eigenvalue weighted by atomic mass is 9.87. The maximum atomic E-state index is 12.4. The Balaban J connectivity index is 0.000000586. The number of carbonyl (C=O) groups excluding carboxylic acids is 4. The lowest BCUT2D eigenvalue weighted by molar-refractivity contribution is -0.121. The van der Waals surface area contributed by atoms with Gasteiger partial charge in [-0.2, -0.15) is 0 Å². The fraction of sp³-hybridized carbons (Fsp3) is 0.487. The van der Waals surface area contributed by atoms with E-state index in [2.05, 4.69) is 24.3 Å². The maximum Gasteiger partial charge on any atom is 0.196 e. The highest BCUT2D eigenvalue weighted by Crippen LogP contribution is 2.34. The molecule has 0 saturated carbocycles. The maximum absolute atomic E-state index is 12.4. The van der Waals surface area contributed by atoms with E-state index in [-0.39, 0.29) is 23.1 Å². The van der Waals surface area contributed by atoms with E-state index in [1.165, 1.54) is 30.0 Å². The van der Waals surface area contributed by atoms with Crippen molar-refractivity contribution in [1.82, 2.24) is 0 Å². The Hall–Kier alpha value is -3.40. The van der Waals surface area contributed by atoms with Gasteiger partial charge in [-0.05, 0) is 81.5 Å². The minimum Gasteiger partial charge on any atom is -0.294 e. The zero-order valence-corrected chi connectivity index (χ0v) is 28.8. The van der Waals surface area contributed by atoms with E-state index >= 15 is 0 Å². The molecule has 0 saturated heterocycles. The Labute approximate surface area is 262 Å². The van der Waals surface area contributed by atoms with Crippen LogP contribution < -0.4 is 0 Å². The SMILES string of the molecule is CC.CC.CC.CC.CC(=O)C1=C(C)CCCC1=O.CC1=C(C(=O)c2cccc3c2C3)C(=O)CCC1.c1ccc2c(c1)C2. The molecule has 0 bridgehead atoms. The summed E-state index contributed by atoms with van der Waals surface area (Å²) in [4.78, 5) is 46.4. The van der Waals surface area contributed by atoms with Crippen LogP contribution in [0.4, 0.5) is 0 Å². The van der Waals surface area contributed by atoms with Gasteiger partial charge >= 0.3 is 0 Å². The zero-order chi connectivity index (χ0) is 33.1. The number of hydrogen-bond acceptors (Lipinski definition) is 4. The quantitative estimate of drug-likeness (QED) is 0.176. The highest BCUT2D eigenvalue weighted by atomic mass is 16.2. The molecule has 0 amide bonds. The van der Waals surface area contributed by atoms with Crippen LogP contribution in [0.5, 0.6) is 0 Å². The molecule has 236 valence electrons. The predicted molar refractivity (Wildman–Crippen MR) is 182 cm³/mol. The lowest BCUT2D eigenvalue weighted by Crippen LogP contribution is -2.18. The molecule has 6 rings (SSSR count). The molecule has 0 aliphatic heterocycles. The van der Waals surface area contributed by atoms with Crippen molar-refractivity contribution in [2.24, 2.45) is 0 Å². The fourth-order valence-electron chi connectivity index (χ4n) is 4.94. The highest BCUT2D eigenvalue weighted by molar-refractivity contribution is 6.27. The molecule has 0 N–H and O–H groups in total. The van der Waals surface area contributed by atoms with E-state index in [4.69, 9.17) is 0 Å². The van der Waals surface area contributed by atoms with Gasteiger partial charge < -0.3 is 0 Å². The molecule has 4 aliphatic carbocycles. The van der Waals surface area contributed by atoms with E-state index in [0.29, 0.717) is 24.0 Å². The zero-order valence-electron chi connectivity index (χ0n) is 28.8. The Kier molecular flexibility index (Phi) is 19.6. The minimum atomic E-state index is -0.0767. The summed E-state index contributed by atoms with van der Waals surface area (Å²) in [7, 11) is 0. The first-order valence-electron chi connectivity index (χ1n) is 16.5. The molecule has 43 heavy (non-hydrogen) atoms. The van der Waals surface area contributed by atoms with E-state index in [9.17, 15) is 19.2 Å². The molecule has 0 radical (unpaired) electrons. The Morgan fingerprint density at radius 3 is 1.40 bits per heavy atom.